The Morgan fingerprint density at radius 3 is 3.18 bits per heavy atom. The van der Waals surface area contributed by atoms with E-state index in [2.05, 4.69) is 15.3 Å². The lowest BCUT2D eigenvalue weighted by Crippen LogP contribution is -2.05. The van der Waals surface area contributed by atoms with Crippen LogP contribution in [0.25, 0.3) is 5.65 Å². The van der Waals surface area contributed by atoms with Gasteiger partial charge in [0.1, 0.15) is 12.4 Å². The number of ether oxygens (including phenoxy) is 1. The first kappa shape index (κ1) is 11.4. The van der Waals surface area contributed by atoms with Crippen molar-refractivity contribution in [3.63, 3.8) is 0 Å². The van der Waals surface area contributed by atoms with E-state index in [4.69, 9.17) is 4.74 Å². The molecule has 5 nitrogen and oxygen atoms in total. The summed E-state index contributed by atoms with van der Waals surface area (Å²) in [5.74, 6) is 1.33. The number of anilines is 1. The van der Waals surface area contributed by atoms with Gasteiger partial charge in [0.05, 0.1) is 6.20 Å². The molecule has 0 amide bonds. The van der Waals surface area contributed by atoms with Crippen LogP contribution in [-0.4, -0.2) is 27.5 Å². The summed E-state index contributed by atoms with van der Waals surface area (Å²) in [6, 6.07) is 0. The molecule has 0 spiro atoms. The van der Waals surface area contributed by atoms with Crippen LogP contribution in [0.15, 0.2) is 30.7 Å². The molecule has 0 aromatic carbocycles. The Morgan fingerprint density at radius 2 is 2.41 bits per heavy atom. The second-order valence-corrected chi connectivity index (χ2v) is 3.50. The molecule has 0 aliphatic heterocycles. The lowest BCUT2D eigenvalue weighted by molar-refractivity contribution is 0.351. The fourth-order valence-electron chi connectivity index (χ4n) is 1.49. The van der Waals surface area contributed by atoms with Crippen molar-refractivity contribution < 1.29 is 4.74 Å². The molecule has 0 atom stereocenters. The van der Waals surface area contributed by atoms with E-state index < -0.39 is 0 Å². The second-order valence-electron chi connectivity index (χ2n) is 3.50. The number of hydrogen-bond acceptors (Lipinski definition) is 4. The fraction of sp³-hybridized carbons (Fsp3) is 0.333. The van der Waals surface area contributed by atoms with E-state index in [1.54, 1.807) is 6.20 Å². The molecule has 0 saturated carbocycles. The lowest BCUT2D eigenvalue weighted by atomic mass is 10.5. The van der Waals surface area contributed by atoms with Gasteiger partial charge in [-0.25, -0.2) is 4.98 Å². The zero-order valence-corrected chi connectivity index (χ0v) is 10.1. The van der Waals surface area contributed by atoms with Crippen LogP contribution in [0.3, 0.4) is 0 Å². The van der Waals surface area contributed by atoms with Crippen molar-refractivity contribution in [3.8, 4) is 5.88 Å². The highest BCUT2D eigenvalue weighted by atomic mass is 16.5. The van der Waals surface area contributed by atoms with E-state index in [-0.39, 0.29) is 0 Å². The summed E-state index contributed by atoms with van der Waals surface area (Å²) in [6.45, 7) is 5.31. The molecular formula is C12H16N4O. The number of allylic oxidation sites excluding steroid dienone is 1. The van der Waals surface area contributed by atoms with Crippen molar-refractivity contribution in [2.24, 2.45) is 0 Å². The second kappa shape index (κ2) is 5.34. The summed E-state index contributed by atoms with van der Waals surface area (Å²) >= 11 is 0. The standard InChI is InChI=1S/C12H16N4O/c1-3-5-8-17-12-11-14-6-7-16(11)9-10(15-12)13-4-2/h3,5-7,9,13H,4,8H2,1-2H3/b5-3+. The van der Waals surface area contributed by atoms with Gasteiger partial charge in [-0.05, 0) is 13.8 Å². The van der Waals surface area contributed by atoms with Gasteiger partial charge in [0.25, 0.3) is 5.88 Å². The van der Waals surface area contributed by atoms with Crippen LogP contribution >= 0.6 is 0 Å². The molecule has 0 unspecified atom stereocenters. The monoisotopic (exact) mass is 232 g/mol. The molecular weight excluding hydrogens is 216 g/mol. The molecule has 90 valence electrons. The number of rotatable bonds is 5. The number of nitrogens with zero attached hydrogens (tertiary/aromatic N) is 3. The average Bonchev–Trinajstić information content (AvgIpc) is 2.78. The van der Waals surface area contributed by atoms with Gasteiger partial charge < -0.3 is 10.1 Å². The molecule has 0 saturated heterocycles. The Bertz CT molecular complexity index is 518. The Hall–Kier alpha value is -2.04. The van der Waals surface area contributed by atoms with Crippen molar-refractivity contribution >= 4 is 11.5 Å². The normalized spacial score (nSPS) is 11.2. The van der Waals surface area contributed by atoms with Gasteiger partial charge in [0, 0.05) is 18.9 Å². The number of hydrogen-bond donors (Lipinski definition) is 1. The molecule has 0 radical (unpaired) electrons. The maximum Gasteiger partial charge on any atom is 0.260 e. The van der Waals surface area contributed by atoms with Crippen molar-refractivity contribution in [1.82, 2.24) is 14.4 Å². The Balaban J connectivity index is 2.32. The van der Waals surface area contributed by atoms with Gasteiger partial charge in [-0.2, -0.15) is 4.98 Å². The third-order valence-electron chi connectivity index (χ3n) is 2.25. The van der Waals surface area contributed by atoms with Crippen LogP contribution in [0.4, 0.5) is 5.82 Å². The predicted molar refractivity (Wildman–Crippen MR) is 67.5 cm³/mol. The molecule has 1 N–H and O–H groups in total. The van der Waals surface area contributed by atoms with Crippen LogP contribution in [0.1, 0.15) is 13.8 Å². The first-order valence-electron chi connectivity index (χ1n) is 5.66. The first-order chi connectivity index (χ1) is 8.35. The molecule has 0 aliphatic carbocycles. The van der Waals surface area contributed by atoms with E-state index >= 15 is 0 Å². The quantitative estimate of drug-likeness (QED) is 0.802. The van der Waals surface area contributed by atoms with Crippen LogP contribution in [-0.2, 0) is 0 Å². The smallest absolute Gasteiger partial charge is 0.260 e. The van der Waals surface area contributed by atoms with Crippen molar-refractivity contribution in [1.29, 1.82) is 0 Å². The Labute approximate surface area is 100 Å². The fourth-order valence-corrected chi connectivity index (χ4v) is 1.49. The largest absolute Gasteiger partial charge is 0.471 e. The maximum absolute atomic E-state index is 5.58. The predicted octanol–water partition coefficient (Wildman–Crippen LogP) is 2.12. The van der Waals surface area contributed by atoms with Crippen LogP contribution in [0.5, 0.6) is 5.88 Å². The van der Waals surface area contributed by atoms with Crippen LogP contribution in [0.2, 0.25) is 0 Å². The third-order valence-corrected chi connectivity index (χ3v) is 2.25. The zero-order valence-electron chi connectivity index (χ0n) is 10.1. The van der Waals surface area contributed by atoms with Gasteiger partial charge >= 0.3 is 0 Å². The summed E-state index contributed by atoms with van der Waals surface area (Å²) < 4.78 is 7.48. The highest BCUT2D eigenvalue weighted by Gasteiger charge is 2.07. The molecule has 2 heterocycles. The summed E-state index contributed by atoms with van der Waals surface area (Å²) in [6.07, 6.45) is 9.38. The van der Waals surface area contributed by atoms with E-state index in [0.717, 1.165) is 18.0 Å². The number of aromatic nitrogens is 3. The van der Waals surface area contributed by atoms with Gasteiger partial charge in [0.2, 0.25) is 5.65 Å². The minimum atomic E-state index is 0.502. The topological polar surface area (TPSA) is 51.5 Å². The average molecular weight is 232 g/mol. The molecule has 2 aromatic rings. The van der Waals surface area contributed by atoms with Crippen LogP contribution in [0, 0.1) is 0 Å². The highest BCUT2D eigenvalue weighted by molar-refractivity contribution is 5.53. The lowest BCUT2D eigenvalue weighted by Gasteiger charge is -2.08. The molecule has 2 rings (SSSR count). The maximum atomic E-state index is 5.58. The minimum Gasteiger partial charge on any atom is -0.471 e. The summed E-state index contributed by atoms with van der Waals surface area (Å²) in [7, 11) is 0. The summed E-state index contributed by atoms with van der Waals surface area (Å²) in [5, 5.41) is 3.16. The molecule has 5 heteroatoms. The van der Waals surface area contributed by atoms with E-state index in [1.807, 2.05) is 42.8 Å². The van der Waals surface area contributed by atoms with E-state index in [0.29, 0.717) is 12.5 Å². The van der Waals surface area contributed by atoms with Gasteiger partial charge in [-0.3, -0.25) is 4.40 Å². The van der Waals surface area contributed by atoms with Gasteiger partial charge in [-0.1, -0.05) is 12.2 Å². The molecule has 17 heavy (non-hydrogen) atoms. The number of imidazole rings is 1. The van der Waals surface area contributed by atoms with E-state index in [1.165, 1.54) is 0 Å². The first-order valence-corrected chi connectivity index (χ1v) is 5.66. The van der Waals surface area contributed by atoms with Crippen molar-refractivity contribution in [2.75, 3.05) is 18.5 Å². The van der Waals surface area contributed by atoms with Gasteiger partial charge in [-0.15, -0.1) is 0 Å². The van der Waals surface area contributed by atoms with Crippen molar-refractivity contribution in [3.05, 3.63) is 30.7 Å². The molecule has 0 aliphatic rings. The summed E-state index contributed by atoms with van der Waals surface area (Å²) in [5.41, 5.74) is 0.733. The van der Waals surface area contributed by atoms with Crippen molar-refractivity contribution in [2.45, 2.75) is 13.8 Å². The zero-order chi connectivity index (χ0) is 12.1. The molecule has 0 bridgehead atoms. The Kier molecular flexibility index (Phi) is 3.59. The number of fused-ring (bicyclic) bond motifs is 1. The summed E-state index contributed by atoms with van der Waals surface area (Å²) in [4.78, 5) is 8.61. The Morgan fingerprint density at radius 1 is 1.53 bits per heavy atom. The van der Waals surface area contributed by atoms with Crippen LogP contribution < -0.4 is 10.1 Å². The molecule has 2 aromatic heterocycles. The van der Waals surface area contributed by atoms with E-state index in [9.17, 15) is 0 Å². The molecule has 0 fully saturated rings. The SMILES string of the molecule is C/C=C/COc1nc(NCC)cn2ccnc12. The minimum absolute atomic E-state index is 0.502. The third kappa shape index (κ3) is 2.55. The number of nitrogens with one attached hydrogen (secondary N) is 1. The van der Waals surface area contributed by atoms with Gasteiger partial charge in [0.15, 0.2) is 0 Å². The highest BCUT2D eigenvalue weighted by Crippen LogP contribution is 2.18.